The van der Waals surface area contributed by atoms with Crippen LogP contribution < -0.4 is 9.47 Å². The van der Waals surface area contributed by atoms with E-state index in [9.17, 15) is 9.59 Å². The predicted octanol–water partition coefficient (Wildman–Crippen LogP) is 3.02. The van der Waals surface area contributed by atoms with E-state index in [2.05, 4.69) is 0 Å². The van der Waals surface area contributed by atoms with Crippen molar-refractivity contribution in [3.8, 4) is 11.5 Å². The highest BCUT2D eigenvalue weighted by Crippen LogP contribution is 2.47. The summed E-state index contributed by atoms with van der Waals surface area (Å²) in [6.45, 7) is 4.47. The highest BCUT2D eigenvalue weighted by Gasteiger charge is 2.58. The van der Waals surface area contributed by atoms with Gasteiger partial charge in [0.25, 0.3) is 5.91 Å². The highest BCUT2D eigenvalue weighted by molar-refractivity contribution is 6.01. The Morgan fingerprint density at radius 1 is 1.06 bits per heavy atom. The van der Waals surface area contributed by atoms with E-state index in [1.165, 1.54) is 0 Å². The molecule has 0 N–H and O–H groups in total. The topological polar surface area (TPSA) is 59.1 Å². The largest absolute Gasteiger partial charge is 0.493 e. The molecule has 164 valence electrons. The van der Waals surface area contributed by atoms with Crippen molar-refractivity contribution in [1.82, 2.24) is 9.80 Å². The molecule has 0 spiro atoms. The smallest absolute Gasteiger partial charge is 0.254 e. The SMILES string of the molecule is COc1cc2c(cc1OC)[C@@]1(Cc3ccccc3)C(=O)N(C)[C@@H](C(C)C)C(=O)N1CC2. The van der Waals surface area contributed by atoms with Gasteiger partial charge in [-0.1, -0.05) is 44.2 Å². The van der Waals surface area contributed by atoms with Gasteiger partial charge >= 0.3 is 0 Å². The summed E-state index contributed by atoms with van der Waals surface area (Å²) in [6, 6.07) is 13.3. The molecule has 0 radical (unpaired) electrons. The highest BCUT2D eigenvalue weighted by atomic mass is 16.5. The van der Waals surface area contributed by atoms with E-state index in [1.807, 2.05) is 61.2 Å². The third-order valence-corrected chi connectivity index (χ3v) is 6.67. The van der Waals surface area contributed by atoms with Crippen LogP contribution in [0.5, 0.6) is 11.5 Å². The number of fused-ring (bicyclic) bond motifs is 3. The normalized spacial score (nSPS) is 23.0. The summed E-state index contributed by atoms with van der Waals surface area (Å²) in [5, 5.41) is 0. The van der Waals surface area contributed by atoms with Gasteiger partial charge in [-0.2, -0.15) is 0 Å². The predicted molar refractivity (Wildman–Crippen MR) is 118 cm³/mol. The van der Waals surface area contributed by atoms with E-state index < -0.39 is 11.6 Å². The molecule has 0 unspecified atom stereocenters. The van der Waals surface area contributed by atoms with Crippen LogP contribution in [0.2, 0.25) is 0 Å². The van der Waals surface area contributed by atoms with Crippen molar-refractivity contribution in [2.45, 2.75) is 38.3 Å². The minimum atomic E-state index is -1.11. The molecule has 0 aromatic heterocycles. The number of carbonyl (C=O) groups excluding carboxylic acids is 2. The molecular formula is C25H30N2O4. The summed E-state index contributed by atoms with van der Waals surface area (Å²) in [5.41, 5.74) is 1.74. The van der Waals surface area contributed by atoms with Gasteiger partial charge in [-0.25, -0.2) is 0 Å². The van der Waals surface area contributed by atoms with Crippen molar-refractivity contribution in [2.75, 3.05) is 27.8 Å². The van der Waals surface area contributed by atoms with Crippen molar-refractivity contribution in [3.63, 3.8) is 0 Å². The first-order valence-electron chi connectivity index (χ1n) is 10.7. The van der Waals surface area contributed by atoms with Crippen molar-refractivity contribution in [1.29, 1.82) is 0 Å². The third kappa shape index (κ3) is 3.16. The first-order valence-corrected chi connectivity index (χ1v) is 10.7. The lowest BCUT2D eigenvalue weighted by Gasteiger charge is -2.55. The molecule has 2 aromatic rings. The lowest BCUT2D eigenvalue weighted by molar-refractivity contribution is -0.173. The number of piperazine rings is 1. The van der Waals surface area contributed by atoms with Crippen LogP contribution in [-0.2, 0) is 28.0 Å². The first-order chi connectivity index (χ1) is 14.8. The maximum absolute atomic E-state index is 14.1. The molecule has 1 fully saturated rings. The van der Waals surface area contributed by atoms with Crippen LogP contribution >= 0.6 is 0 Å². The van der Waals surface area contributed by atoms with Crippen LogP contribution in [0.25, 0.3) is 0 Å². The van der Waals surface area contributed by atoms with Gasteiger partial charge < -0.3 is 19.3 Å². The maximum Gasteiger partial charge on any atom is 0.254 e. The summed E-state index contributed by atoms with van der Waals surface area (Å²) in [7, 11) is 4.95. The summed E-state index contributed by atoms with van der Waals surface area (Å²) in [6.07, 6.45) is 1.08. The van der Waals surface area contributed by atoms with Gasteiger partial charge in [-0.05, 0) is 41.2 Å². The molecule has 2 heterocycles. The molecular weight excluding hydrogens is 392 g/mol. The number of hydrogen-bond acceptors (Lipinski definition) is 4. The Morgan fingerprint density at radius 3 is 2.32 bits per heavy atom. The van der Waals surface area contributed by atoms with Gasteiger partial charge in [0.15, 0.2) is 17.0 Å². The van der Waals surface area contributed by atoms with Crippen LogP contribution in [-0.4, -0.2) is 55.5 Å². The molecule has 31 heavy (non-hydrogen) atoms. The Hall–Kier alpha value is -3.02. The second-order valence-electron chi connectivity index (χ2n) is 8.73. The monoisotopic (exact) mass is 422 g/mol. The minimum Gasteiger partial charge on any atom is -0.493 e. The third-order valence-electron chi connectivity index (χ3n) is 6.67. The Bertz CT molecular complexity index is 1000. The molecule has 1 saturated heterocycles. The molecule has 4 rings (SSSR count). The average molecular weight is 423 g/mol. The standard InChI is InChI=1S/C25H30N2O4/c1-16(2)22-23(28)27-12-11-18-13-20(30-4)21(31-5)14-19(18)25(27,24(29)26(22)3)15-17-9-7-6-8-10-17/h6-10,13-14,16,22H,11-12,15H2,1-5H3/t22-,25-/m0/s1. The molecule has 2 aromatic carbocycles. The van der Waals surface area contributed by atoms with Crippen LogP contribution in [0.3, 0.4) is 0 Å². The second-order valence-corrected chi connectivity index (χ2v) is 8.73. The van der Waals surface area contributed by atoms with E-state index in [0.717, 1.165) is 16.7 Å². The molecule has 6 heteroatoms. The Kier molecular flexibility index (Phi) is 5.42. The van der Waals surface area contributed by atoms with E-state index in [0.29, 0.717) is 30.9 Å². The number of amides is 2. The van der Waals surface area contributed by atoms with E-state index >= 15 is 0 Å². The fourth-order valence-corrected chi connectivity index (χ4v) is 5.24. The number of ether oxygens (including phenoxy) is 2. The van der Waals surface area contributed by atoms with Crippen LogP contribution in [0.15, 0.2) is 42.5 Å². The maximum atomic E-state index is 14.1. The number of rotatable bonds is 5. The summed E-state index contributed by atoms with van der Waals surface area (Å²) >= 11 is 0. The summed E-state index contributed by atoms with van der Waals surface area (Å²) in [5.74, 6) is 1.18. The zero-order valence-corrected chi connectivity index (χ0v) is 18.8. The molecule has 6 nitrogen and oxygen atoms in total. The van der Waals surface area contributed by atoms with Crippen LogP contribution in [0, 0.1) is 5.92 Å². The van der Waals surface area contributed by atoms with E-state index in [1.54, 1.807) is 26.2 Å². The fourth-order valence-electron chi connectivity index (χ4n) is 5.24. The molecule has 0 bridgehead atoms. The van der Waals surface area contributed by atoms with Gasteiger partial charge in [0, 0.05) is 20.0 Å². The van der Waals surface area contributed by atoms with E-state index in [-0.39, 0.29) is 17.7 Å². The summed E-state index contributed by atoms with van der Waals surface area (Å²) in [4.78, 5) is 31.3. The number of methoxy groups -OCH3 is 2. The van der Waals surface area contributed by atoms with Gasteiger partial charge in [0.05, 0.1) is 14.2 Å². The molecule has 0 saturated carbocycles. The number of carbonyl (C=O) groups is 2. The molecule has 2 atom stereocenters. The molecule has 2 aliphatic heterocycles. The second kappa shape index (κ2) is 7.91. The lowest BCUT2D eigenvalue weighted by Crippen LogP contribution is -2.72. The van der Waals surface area contributed by atoms with Crippen LogP contribution in [0.1, 0.15) is 30.5 Å². The fraction of sp³-hybridized carbons (Fsp3) is 0.440. The summed E-state index contributed by atoms with van der Waals surface area (Å²) < 4.78 is 11.1. The minimum absolute atomic E-state index is 0.00784. The van der Waals surface area contributed by atoms with Crippen molar-refractivity contribution >= 4 is 11.8 Å². The van der Waals surface area contributed by atoms with Gasteiger partial charge in [-0.3, -0.25) is 9.59 Å². The average Bonchev–Trinajstić information content (AvgIpc) is 2.77. The number of hydrogen-bond donors (Lipinski definition) is 0. The zero-order valence-electron chi connectivity index (χ0n) is 18.8. The molecule has 2 aliphatic rings. The first kappa shape index (κ1) is 21.2. The molecule has 0 aliphatic carbocycles. The lowest BCUT2D eigenvalue weighted by atomic mass is 9.72. The van der Waals surface area contributed by atoms with Gasteiger partial charge in [0.2, 0.25) is 5.91 Å². The quantitative estimate of drug-likeness (QED) is 0.743. The van der Waals surface area contributed by atoms with E-state index in [4.69, 9.17) is 9.47 Å². The number of nitrogens with zero attached hydrogens (tertiary/aromatic N) is 2. The molecule has 2 amide bonds. The Morgan fingerprint density at radius 2 is 1.71 bits per heavy atom. The zero-order chi connectivity index (χ0) is 22.3. The van der Waals surface area contributed by atoms with Crippen molar-refractivity contribution in [2.24, 2.45) is 5.92 Å². The Balaban J connectivity index is 1.97. The Labute approximate surface area is 183 Å². The number of likely N-dealkylation sites (N-methyl/N-ethyl adjacent to an activating group) is 1. The van der Waals surface area contributed by atoms with Gasteiger partial charge in [-0.15, -0.1) is 0 Å². The van der Waals surface area contributed by atoms with Crippen molar-refractivity contribution < 1.29 is 19.1 Å². The van der Waals surface area contributed by atoms with Gasteiger partial charge in [0.1, 0.15) is 6.04 Å². The van der Waals surface area contributed by atoms with Crippen molar-refractivity contribution in [3.05, 3.63) is 59.2 Å². The number of benzene rings is 2. The van der Waals surface area contributed by atoms with Crippen LogP contribution in [0.4, 0.5) is 0 Å².